The van der Waals surface area contributed by atoms with Crippen molar-refractivity contribution >= 4 is 0 Å². The number of nitrogens with zero attached hydrogens (tertiary/aromatic N) is 2. The van der Waals surface area contributed by atoms with Crippen LogP contribution < -0.4 is 0 Å². The Morgan fingerprint density at radius 1 is 1.25 bits per heavy atom. The van der Waals surface area contributed by atoms with E-state index in [9.17, 15) is 5.11 Å². The third kappa shape index (κ3) is 3.19. The van der Waals surface area contributed by atoms with Gasteiger partial charge >= 0.3 is 0 Å². The molecular weight excluding hydrogens is 200 g/mol. The number of hydrogen-bond donors (Lipinski definition) is 1. The van der Waals surface area contributed by atoms with Gasteiger partial charge in [0.25, 0.3) is 0 Å². The molecule has 0 aromatic rings. The molecule has 96 valence electrons. The largest absolute Gasteiger partial charge is 0.389 e. The number of likely N-dealkylation sites (tertiary alicyclic amines) is 1. The van der Waals surface area contributed by atoms with Crippen molar-refractivity contribution in [2.24, 2.45) is 5.92 Å². The van der Waals surface area contributed by atoms with Gasteiger partial charge in [0.1, 0.15) is 0 Å². The van der Waals surface area contributed by atoms with Crippen molar-refractivity contribution < 1.29 is 5.11 Å². The summed E-state index contributed by atoms with van der Waals surface area (Å²) in [5.41, 5.74) is -0.485. The Bertz CT molecular complexity index is 214. The van der Waals surface area contributed by atoms with Gasteiger partial charge in [-0.1, -0.05) is 20.8 Å². The van der Waals surface area contributed by atoms with Crippen molar-refractivity contribution in [1.82, 2.24) is 9.80 Å². The van der Waals surface area contributed by atoms with Gasteiger partial charge < -0.3 is 10.0 Å². The Balaban J connectivity index is 2.53. The summed E-state index contributed by atoms with van der Waals surface area (Å²) in [4.78, 5) is 4.73. The molecule has 1 aliphatic heterocycles. The normalized spacial score (nSPS) is 27.9. The fraction of sp³-hybridized carbons (Fsp3) is 1.00. The summed E-state index contributed by atoms with van der Waals surface area (Å²) >= 11 is 0. The monoisotopic (exact) mass is 228 g/mol. The first-order chi connectivity index (χ1) is 7.41. The van der Waals surface area contributed by atoms with Crippen molar-refractivity contribution in [3.63, 3.8) is 0 Å². The zero-order valence-electron chi connectivity index (χ0n) is 11.5. The molecule has 0 aromatic heterocycles. The van der Waals surface area contributed by atoms with E-state index in [1.165, 1.54) is 0 Å². The highest BCUT2D eigenvalue weighted by Gasteiger charge is 2.34. The Morgan fingerprint density at radius 3 is 2.19 bits per heavy atom. The third-order valence-corrected chi connectivity index (χ3v) is 4.15. The molecule has 2 atom stereocenters. The summed E-state index contributed by atoms with van der Waals surface area (Å²) in [6.07, 6.45) is 1.70. The van der Waals surface area contributed by atoms with Crippen LogP contribution in [0.15, 0.2) is 0 Å². The number of rotatable bonds is 5. The molecule has 16 heavy (non-hydrogen) atoms. The molecule has 1 fully saturated rings. The zero-order valence-corrected chi connectivity index (χ0v) is 11.5. The highest BCUT2D eigenvalue weighted by molar-refractivity contribution is 4.90. The summed E-state index contributed by atoms with van der Waals surface area (Å²) in [5.74, 6) is 0.702. The second kappa shape index (κ2) is 5.48. The van der Waals surface area contributed by atoms with Gasteiger partial charge in [-0.2, -0.15) is 0 Å². The van der Waals surface area contributed by atoms with Crippen molar-refractivity contribution in [3.8, 4) is 0 Å². The predicted molar refractivity (Wildman–Crippen MR) is 68.6 cm³/mol. The third-order valence-electron chi connectivity index (χ3n) is 4.15. The van der Waals surface area contributed by atoms with Crippen molar-refractivity contribution in [1.29, 1.82) is 0 Å². The molecule has 1 heterocycles. The maximum atomic E-state index is 10.3. The van der Waals surface area contributed by atoms with Crippen molar-refractivity contribution in [2.75, 3.05) is 33.7 Å². The summed E-state index contributed by atoms with van der Waals surface area (Å²) < 4.78 is 0. The fourth-order valence-electron chi connectivity index (χ4n) is 2.74. The lowest BCUT2D eigenvalue weighted by Crippen LogP contribution is -2.42. The van der Waals surface area contributed by atoms with Crippen LogP contribution in [0.2, 0.25) is 0 Å². The molecule has 0 aromatic carbocycles. The van der Waals surface area contributed by atoms with Gasteiger partial charge in [-0.3, -0.25) is 4.90 Å². The van der Waals surface area contributed by atoms with Gasteiger partial charge in [0.05, 0.1) is 5.60 Å². The van der Waals surface area contributed by atoms with Crippen LogP contribution in [0.5, 0.6) is 0 Å². The summed E-state index contributed by atoms with van der Waals surface area (Å²) in [7, 11) is 4.30. The van der Waals surface area contributed by atoms with Crippen LogP contribution in [0, 0.1) is 5.92 Å². The molecular formula is C13H28N2O. The smallest absolute Gasteiger partial charge is 0.0768 e. The lowest BCUT2D eigenvalue weighted by Gasteiger charge is -2.31. The van der Waals surface area contributed by atoms with E-state index < -0.39 is 5.60 Å². The molecule has 2 unspecified atom stereocenters. The van der Waals surface area contributed by atoms with Gasteiger partial charge in [-0.25, -0.2) is 0 Å². The molecule has 3 heteroatoms. The predicted octanol–water partition coefficient (Wildman–Crippen LogP) is 1.42. The van der Waals surface area contributed by atoms with Crippen LogP contribution in [0.25, 0.3) is 0 Å². The van der Waals surface area contributed by atoms with Crippen LogP contribution in [0.3, 0.4) is 0 Å². The van der Waals surface area contributed by atoms with Crippen molar-refractivity contribution in [3.05, 3.63) is 0 Å². The van der Waals surface area contributed by atoms with Gasteiger partial charge in [-0.15, -0.1) is 0 Å². The Kier molecular flexibility index (Phi) is 4.77. The molecule has 0 saturated carbocycles. The Hall–Kier alpha value is -0.120. The number of hydrogen-bond acceptors (Lipinski definition) is 3. The molecule has 1 rings (SSSR count). The van der Waals surface area contributed by atoms with E-state index in [2.05, 4.69) is 44.7 Å². The van der Waals surface area contributed by atoms with E-state index in [0.29, 0.717) is 12.0 Å². The van der Waals surface area contributed by atoms with Gasteiger partial charge in [-0.05, 0) is 32.9 Å². The van der Waals surface area contributed by atoms with Crippen LogP contribution >= 0.6 is 0 Å². The quantitative estimate of drug-likeness (QED) is 0.771. The summed E-state index contributed by atoms with van der Waals surface area (Å²) in [6.45, 7) is 9.50. The van der Waals surface area contributed by atoms with E-state index >= 15 is 0 Å². The summed E-state index contributed by atoms with van der Waals surface area (Å²) in [6, 6.07) is 0.637. The first kappa shape index (κ1) is 13.9. The van der Waals surface area contributed by atoms with Crippen LogP contribution in [0.1, 0.15) is 33.6 Å². The Labute approximate surface area is 100 Å². The summed E-state index contributed by atoms with van der Waals surface area (Å²) in [5, 5.41) is 10.3. The van der Waals surface area contributed by atoms with Crippen LogP contribution in [-0.4, -0.2) is 60.3 Å². The minimum Gasteiger partial charge on any atom is -0.389 e. The molecule has 1 saturated heterocycles. The molecule has 0 aliphatic carbocycles. The number of likely N-dealkylation sites (N-methyl/N-ethyl adjacent to an activating group) is 1. The second-order valence-electron chi connectivity index (χ2n) is 5.63. The minimum absolute atomic E-state index is 0.485. The van der Waals surface area contributed by atoms with E-state index in [4.69, 9.17) is 0 Å². The number of aliphatic hydroxyl groups is 1. The topological polar surface area (TPSA) is 26.7 Å². The molecule has 0 spiro atoms. The maximum Gasteiger partial charge on any atom is 0.0768 e. The molecule has 0 radical (unpaired) electrons. The molecule has 1 N–H and O–H groups in total. The second-order valence-corrected chi connectivity index (χ2v) is 5.63. The molecule has 3 nitrogen and oxygen atoms in total. The van der Waals surface area contributed by atoms with E-state index in [1.54, 1.807) is 0 Å². The lowest BCUT2D eigenvalue weighted by molar-refractivity contribution is 0.000902. The van der Waals surface area contributed by atoms with E-state index in [1.807, 2.05) is 0 Å². The molecule has 0 amide bonds. The van der Waals surface area contributed by atoms with Crippen molar-refractivity contribution in [2.45, 2.75) is 45.3 Å². The van der Waals surface area contributed by atoms with Crippen LogP contribution in [-0.2, 0) is 0 Å². The average Bonchev–Trinajstić information content (AvgIpc) is 2.59. The number of β-amino-alcohol motifs (C(OH)–C–C–N with tert-alkyl or cyclic N) is 1. The van der Waals surface area contributed by atoms with E-state index in [0.717, 1.165) is 32.5 Å². The fourth-order valence-corrected chi connectivity index (χ4v) is 2.74. The van der Waals surface area contributed by atoms with E-state index in [-0.39, 0.29) is 0 Å². The maximum absolute atomic E-state index is 10.3. The average molecular weight is 228 g/mol. The highest BCUT2D eigenvalue weighted by Crippen LogP contribution is 2.24. The van der Waals surface area contributed by atoms with Gasteiger partial charge in [0.2, 0.25) is 0 Å². The SMILES string of the molecule is CCC(O)(CC)CN1CC(C)C(N(C)C)C1. The van der Waals surface area contributed by atoms with Crippen LogP contribution in [0.4, 0.5) is 0 Å². The standard InChI is InChI=1S/C13H28N2O/c1-6-13(16,7-2)10-15-8-11(3)12(9-15)14(4)5/h11-12,16H,6-10H2,1-5H3. The first-order valence-electron chi connectivity index (χ1n) is 6.53. The van der Waals surface area contributed by atoms with Gasteiger partial charge in [0.15, 0.2) is 0 Å². The molecule has 1 aliphatic rings. The Morgan fingerprint density at radius 2 is 1.81 bits per heavy atom. The highest BCUT2D eigenvalue weighted by atomic mass is 16.3. The first-order valence-corrected chi connectivity index (χ1v) is 6.53. The van der Waals surface area contributed by atoms with Gasteiger partial charge in [0, 0.05) is 25.7 Å². The molecule has 0 bridgehead atoms. The minimum atomic E-state index is -0.485. The zero-order chi connectivity index (χ0) is 12.3. The lowest BCUT2D eigenvalue weighted by atomic mass is 9.97.